The molecule has 164 valence electrons. The molecule has 12 heteroatoms. The van der Waals surface area contributed by atoms with Gasteiger partial charge in [0.1, 0.15) is 0 Å². The van der Waals surface area contributed by atoms with E-state index in [4.69, 9.17) is 0 Å². The van der Waals surface area contributed by atoms with E-state index in [1.54, 1.807) is 0 Å². The predicted octanol–water partition coefficient (Wildman–Crippen LogP) is 4.18. The highest BCUT2D eigenvalue weighted by molar-refractivity contribution is 6.06. The lowest BCUT2D eigenvalue weighted by atomic mass is 9.72. The summed E-state index contributed by atoms with van der Waals surface area (Å²) in [5.74, 6) is -6.73. The minimum Gasteiger partial charge on any atom is -0.249 e. The number of hydrogen-bond acceptors (Lipinski definition) is 8. The quantitative estimate of drug-likeness (QED) is 0.612. The highest BCUT2D eigenvalue weighted by Gasteiger charge is 2.37. The number of halogens is 4. The fraction of sp³-hybridized carbons (Fsp3) is 0.158. The van der Waals surface area contributed by atoms with E-state index in [2.05, 4.69) is 19.8 Å². The average Bonchev–Trinajstić information content (AvgIpc) is 2.80. The molecule has 0 aliphatic carbocycles. The number of carbonyl (C=O) groups excluding carboxylic acids is 4. The standard InChI is InChI=1S/C19H12F4O8/c1-19(2,11-7-3-5-9(15(24)28-20)13(11)17(26)30-22)12-8-4-6-10(16(25)29-21)14(12)18(27)31-23/h3-8H,1-2H3. The van der Waals surface area contributed by atoms with Crippen molar-refractivity contribution < 1.29 is 57.0 Å². The molecule has 0 radical (unpaired) electrons. The number of rotatable bonds is 6. The Morgan fingerprint density at radius 2 is 0.935 bits per heavy atom. The molecule has 0 spiro atoms. The van der Waals surface area contributed by atoms with Crippen LogP contribution in [0.1, 0.15) is 66.4 Å². The Morgan fingerprint density at radius 1 is 0.613 bits per heavy atom. The van der Waals surface area contributed by atoms with Crippen LogP contribution in [0, 0.1) is 0 Å². The number of hydrogen-bond donors (Lipinski definition) is 0. The van der Waals surface area contributed by atoms with Crippen molar-refractivity contribution in [3.8, 4) is 0 Å². The lowest BCUT2D eigenvalue weighted by molar-refractivity contribution is -0.0825. The maximum Gasteiger partial charge on any atom is 0.380 e. The minimum absolute atomic E-state index is 0.225. The molecule has 0 fully saturated rings. The first-order valence-electron chi connectivity index (χ1n) is 8.24. The number of benzene rings is 2. The molecule has 2 rings (SSSR count). The van der Waals surface area contributed by atoms with Crippen LogP contribution in [0.3, 0.4) is 0 Å². The first-order valence-corrected chi connectivity index (χ1v) is 8.24. The molecule has 0 unspecified atom stereocenters. The zero-order chi connectivity index (χ0) is 23.3. The van der Waals surface area contributed by atoms with Gasteiger partial charge in [0, 0.05) is 23.5 Å². The van der Waals surface area contributed by atoms with E-state index in [0.717, 1.165) is 12.1 Å². The van der Waals surface area contributed by atoms with Crippen molar-refractivity contribution in [2.45, 2.75) is 19.3 Å². The molecule has 2 aromatic carbocycles. The molecule has 0 heterocycles. The Bertz CT molecular complexity index is 970. The molecule has 0 aromatic heterocycles. The number of carbonyl (C=O) groups is 4. The van der Waals surface area contributed by atoms with E-state index in [1.165, 1.54) is 38.1 Å². The molecular weight excluding hydrogens is 432 g/mol. The second-order valence-corrected chi connectivity index (χ2v) is 6.54. The van der Waals surface area contributed by atoms with Gasteiger partial charge in [0.2, 0.25) is 0 Å². The summed E-state index contributed by atoms with van der Waals surface area (Å²) in [6.45, 7) is 2.63. The van der Waals surface area contributed by atoms with Crippen LogP contribution in [-0.2, 0) is 25.2 Å². The molecule has 8 nitrogen and oxygen atoms in total. The molecule has 0 atom stereocenters. The maximum absolute atomic E-state index is 12.7. The Labute approximate surface area is 170 Å². The summed E-state index contributed by atoms with van der Waals surface area (Å²) in [7, 11) is 0. The van der Waals surface area contributed by atoms with E-state index in [1.807, 2.05) is 0 Å². The van der Waals surface area contributed by atoms with Gasteiger partial charge in [-0.2, -0.15) is 0 Å². The van der Waals surface area contributed by atoms with Crippen molar-refractivity contribution in [3.63, 3.8) is 0 Å². The van der Waals surface area contributed by atoms with Gasteiger partial charge in [0.25, 0.3) is 0 Å². The smallest absolute Gasteiger partial charge is 0.249 e. The SMILES string of the molecule is CC(C)(c1cccc(C(=O)OF)c1C(=O)OF)c1cccc(C(=O)OF)c1C(=O)OF. The van der Waals surface area contributed by atoms with Crippen molar-refractivity contribution in [1.29, 1.82) is 0 Å². The minimum atomic E-state index is -1.71. The largest absolute Gasteiger partial charge is 0.380 e. The third-order valence-corrected chi connectivity index (χ3v) is 4.60. The fourth-order valence-electron chi connectivity index (χ4n) is 3.23. The van der Waals surface area contributed by atoms with Gasteiger partial charge in [-0.3, -0.25) is 0 Å². The molecule has 0 aliphatic rings. The summed E-state index contributed by atoms with van der Waals surface area (Å²) in [5, 5.41) is 0. The zero-order valence-electron chi connectivity index (χ0n) is 15.7. The van der Waals surface area contributed by atoms with Gasteiger partial charge in [-0.1, -0.05) is 38.1 Å². The van der Waals surface area contributed by atoms with Crippen LogP contribution in [0.25, 0.3) is 0 Å². The predicted molar refractivity (Wildman–Crippen MR) is 91.1 cm³/mol. The topological polar surface area (TPSA) is 105 Å². The first-order chi connectivity index (χ1) is 14.6. The van der Waals surface area contributed by atoms with Crippen LogP contribution in [0.5, 0.6) is 0 Å². The monoisotopic (exact) mass is 444 g/mol. The van der Waals surface area contributed by atoms with Crippen LogP contribution >= 0.6 is 0 Å². The van der Waals surface area contributed by atoms with Crippen LogP contribution in [0.4, 0.5) is 18.1 Å². The van der Waals surface area contributed by atoms with Gasteiger partial charge >= 0.3 is 23.9 Å². The van der Waals surface area contributed by atoms with Gasteiger partial charge in [0.05, 0.1) is 22.3 Å². The summed E-state index contributed by atoms with van der Waals surface area (Å²) in [6, 6.07) is 6.58. The van der Waals surface area contributed by atoms with Gasteiger partial charge in [-0.05, 0) is 23.3 Å². The van der Waals surface area contributed by atoms with Crippen LogP contribution < -0.4 is 0 Å². The maximum atomic E-state index is 12.7. The summed E-state index contributed by atoms with van der Waals surface area (Å²) in [4.78, 5) is 60.1. The van der Waals surface area contributed by atoms with Crippen molar-refractivity contribution >= 4 is 23.9 Å². The van der Waals surface area contributed by atoms with E-state index in [9.17, 15) is 37.3 Å². The van der Waals surface area contributed by atoms with Crippen molar-refractivity contribution in [3.05, 3.63) is 69.8 Å². The first kappa shape index (κ1) is 23.3. The third kappa shape index (κ3) is 4.17. The van der Waals surface area contributed by atoms with E-state index in [0.29, 0.717) is 0 Å². The normalized spacial score (nSPS) is 10.8. The van der Waals surface area contributed by atoms with E-state index in [-0.39, 0.29) is 11.1 Å². The molecule has 0 N–H and O–H groups in total. The summed E-state index contributed by atoms with van der Waals surface area (Å²) < 4.78 is 50.5. The van der Waals surface area contributed by atoms with E-state index < -0.39 is 51.5 Å². The summed E-state index contributed by atoms with van der Waals surface area (Å²) in [5.41, 5.74) is -5.10. The molecule has 2 aromatic rings. The molecule has 0 aliphatic heterocycles. The average molecular weight is 444 g/mol. The molecule has 31 heavy (non-hydrogen) atoms. The second kappa shape index (κ2) is 9.24. The Balaban J connectivity index is 2.91. The second-order valence-electron chi connectivity index (χ2n) is 6.54. The zero-order valence-corrected chi connectivity index (χ0v) is 15.7. The molecule has 0 saturated carbocycles. The highest BCUT2D eigenvalue weighted by Crippen LogP contribution is 2.38. The lowest BCUT2D eigenvalue weighted by Crippen LogP contribution is -2.28. The van der Waals surface area contributed by atoms with Crippen LogP contribution in [0.2, 0.25) is 0 Å². The Hall–Kier alpha value is -3.96. The molecule has 0 saturated heterocycles. The summed E-state index contributed by atoms with van der Waals surface area (Å²) >= 11 is 0. The molecule has 0 bridgehead atoms. The van der Waals surface area contributed by atoms with Gasteiger partial charge < -0.3 is 0 Å². The fourth-order valence-corrected chi connectivity index (χ4v) is 3.23. The molecule has 0 amide bonds. The van der Waals surface area contributed by atoms with Crippen LogP contribution in [-0.4, -0.2) is 23.9 Å². The van der Waals surface area contributed by atoms with E-state index >= 15 is 0 Å². The van der Waals surface area contributed by atoms with Gasteiger partial charge in [-0.15, -0.1) is 0 Å². The lowest BCUT2D eigenvalue weighted by Gasteiger charge is -2.30. The Kier molecular flexibility index (Phi) is 6.95. The van der Waals surface area contributed by atoms with Crippen molar-refractivity contribution in [2.75, 3.05) is 0 Å². The van der Waals surface area contributed by atoms with Crippen LogP contribution in [0.15, 0.2) is 36.4 Å². The Morgan fingerprint density at radius 3 is 1.23 bits per heavy atom. The third-order valence-electron chi connectivity index (χ3n) is 4.60. The van der Waals surface area contributed by atoms with Gasteiger partial charge in [0.15, 0.2) is 0 Å². The van der Waals surface area contributed by atoms with Crippen molar-refractivity contribution in [1.82, 2.24) is 0 Å². The van der Waals surface area contributed by atoms with Gasteiger partial charge in [-0.25, -0.2) is 38.9 Å². The summed E-state index contributed by atoms with van der Waals surface area (Å²) in [6.07, 6.45) is 0. The highest BCUT2D eigenvalue weighted by atomic mass is 19.3. The molecular formula is C19H12F4O8. The van der Waals surface area contributed by atoms with Crippen molar-refractivity contribution in [2.24, 2.45) is 0 Å².